The molecule has 1 aromatic rings. The van der Waals surface area contributed by atoms with Gasteiger partial charge in [0, 0.05) is 39.3 Å². The van der Waals surface area contributed by atoms with Gasteiger partial charge in [0.05, 0.1) is 6.33 Å². The van der Waals surface area contributed by atoms with Gasteiger partial charge in [-0.2, -0.15) is 0 Å². The number of carbonyl (C=O) groups excluding carboxylic acids is 1. The predicted octanol–water partition coefficient (Wildman–Crippen LogP) is -0.278. The van der Waals surface area contributed by atoms with Gasteiger partial charge in [0.2, 0.25) is 5.91 Å². The highest BCUT2D eigenvalue weighted by Crippen LogP contribution is 1.90. The third kappa shape index (κ3) is 2.69. The lowest BCUT2D eigenvalue weighted by Gasteiger charge is -2.10. The van der Waals surface area contributed by atoms with Crippen LogP contribution in [0.15, 0.2) is 23.4 Å². The van der Waals surface area contributed by atoms with Crippen molar-refractivity contribution in [1.82, 2.24) is 14.5 Å². The van der Waals surface area contributed by atoms with E-state index in [1.165, 1.54) is 28.1 Å². The first-order valence-corrected chi connectivity index (χ1v) is 4.32. The van der Waals surface area contributed by atoms with Crippen LogP contribution in [0.3, 0.4) is 0 Å². The van der Waals surface area contributed by atoms with Crippen molar-refractivity contribution in [2.24, 2.45) is 0 Å². The Kier molecular flexibility index (Phi) is 3.39. The van der Waals surface area contributed by atoms with Gasteiger partial charge in [-0.15, -0.1) is 0 Å². The van der Waals surface area contributed by atoms with Gasteiger partial charge in [-0.25, -0.2) is 4.98 Å². The van der Waals surface area contributed by atoms with Crippen molar-refractivity contribution in [2.45, 2.75) is 13.0 Å². The molecule has 0 fully saturated rings. The Hall–Kier alpha value is -1.65. The lowest BCUT2D eigenvalue weighted by Crippen LogP contribution is -2.26. The summed E-state index contributed by atoms with van der Waals surface area (Å²) in [4.78, 5) is 27.7. The van der Waals surface area contributed by atoms with Gasteiger partial charge in [0.25, 0.3) is 5.56 Å². The van der Waals surface area contributed by atoms with Crippen molar-refractivity contribution in [3.05, 3.63) is 28.9 Å². The molecule has 1 heterocycles. The Morgan fingerprint density at radius 2 is 2.29 bits per heavy atom. The predicted molar refractivity (Wildman–Crippen MR) is 51.8 cm³/mol. The van der Waals surface area contributed by atoms with E-state index in [-0.39, 0.29) is 11.5 Å². The Labute approximate surface area is 82.0 Å². The molecule has 5 heteroatoms. The highest BCUT2D eigenvalue weighted by molar-refractivity contribution is 5.75. The Morgan fingerprint density at radius 3 is 2.86 bits per heavy atom. The van der Waals surface area contributed by atoms with Crippen molar-refractivity contribution in [3.8, 4) is 0 Å². The van der Waals surface area contributed by atoms with Gasteiger partial charge in [0.1, 0.15) is 0 Å². The molecule has 5 nitrogen and oxygen atoms in total. The van der Waals surface area contributed by atoms with E-state index in [9.17, 15) is 9.59 Å². The zero-order valence-electron chi connectivity index (χ0n) is 8.30. The fourth-order valence-electron chi connectivity index (χ4n) is 0.986. The van der Waals surface area contributed by atoms with E-state index in [1.54, 1.807) is 14.1 Å². The van der Waals surface area contributed by atoms with Crippen molar-refractivity contribution in [2.75, 3.05) is 14.1 Å². The van der Waals surface area contributed by atoms with E-state index in [0.717, 1.165) is 0 Å². The molecule has 76 valence electrons. The first-order valence-electron chi connectivity index (χ1n) is 4.32. The number of aromatic nitrogens is 2. The van der Waals surface area contributed by atoms with Crippen LogP contribution < -0.4 is 5.56 Å². The lowest BCUT2D eigenvalue weighted by atomic mass is 10.4. The SMILES string of the molecule is CN(C)C(=O)CCn1cnccc1=O. The highest BCUT2D eigenvalue weighted by atomic mass is 16.2. The standard InChI is InChI=1S/C9H13N3O2/c1-11(2)8(13)4-6-12-7-10-5-3-9(12)14/h3,5,7H,4,6H2,1-2H3. The van der Waals surface area contributed by atoms with Crippen LogP contribution in [0.5, 0.6) is 0 Å². The van der Waals surface area contributed by atoms with E-state index in [2.05, 4.69) is 4.98 Å². The van der Waals surface area contributed by atoms with Crippen molar-refractivity contribution >= 4 is 5.91 Å². The molecule has 0 spiro atoms. The molecule has 1 amide bonds. The van der Waals surface area contributed by atoms with Crippen LogP contribution in [-0.4, -0.2) is 34.5 Å². The molecule has 0 bridgehead atoms. The van der Waals surface area contributed by atoms with Crippen LogP contribution in [0.2, 0.25) is 0 Å². The maximum absolute atomic E-state index is 11.2. The van der Waals surface area contributed by atoms with E-state index in [4.69, 9.17) is 0 Å². The Morgan fingerprint density at radius 1 is 1.57 bits per heavy atom. The second-order valence-corrected chi connectivity index (χ2v) is 3.15. The van der Waals surface area contributed by atoms with Crippen LogP contribution in [-0.2, 0) is 11.3 Å². The third-order valence-corrected chi connectivity index (χ3v) is 1.86. The number of hydrogen-bond acceptors (Lipinski definition) is 3. The molecule has 0 aliphatic heterocycles. The number of hydrogen-bond donors (Lipinski definition) is 0. The van der Waals surface area contributed by atoms with Crippen LogP contribution in [0.4, 0.5) is 0 Å². The second kappa shape index (κ2) is 4.55. The van der Waals surface area contributed by atoms with Gasteiger partial charge in [-0.3, -0.25) is 14.2 Å². The largest absolute Gasteiger partial charge is 0.349 e. The number of rotatable bonds is 3. The summed E-state index contributed by atoms with van der Waals surface area (Å²) >= 11 is 0. The fourth-order valence-corrected chi connectivity index (χ4v) is 0.986. The van der Waals surface area contributed by atoms with Gasteiger partial charge < -0.3 is 4.90 Å². The van der Waals surface area contributed by atoms with Crippen molar-refractivity contribution in [3.63, 3.8) is 0 Å². The highest BCUT2D eigenvalue weighted by Gasteiger charge is 2.04. The summed E-state index contributed by atoms with van der Waals surface area (Å²) in [7, 11) is 3.38. The topological polar surface area (TPSA) is 55.2 Å². The van der Waals surface area contributed by atoms with E-state index >= 15 is 0 Å². The lowest BCUT2D eigenvalue weighted by molar-refractivity contribution is -0.128. The summed E-state index contributed by atoms with van der Waals surface area (Å²) in [5.74, 6) is 0.000697. The van der Waals surface area contributed by atoms with Crippen molar-refractivity contribution in [1.29, 1.82) is 0 Å². The first kappa shape index (κ1) is 10.4. The Bertz CT molecular complexity index is 370. The van der Waals surface area contributed by atoms with E-state index in [0.29, 0.717) is 13.0 Å². The zero-order chi connectivity index (χ0) is 10.6. The number of carbonyl (C=O) groups is 1. The minimum Gasteiger partial charge on any atom is -0.349 e. The van der Waals surface area contributed by atoms with Gasteiger partial charge >= 0.3 is 0 Å². The number of aryl methyl sites for hydroxylation is 1. The molecular weight excluding hydrogens is 182 g/mol. The number of nitrogens with zero attached hydrogens (tertiary/aromatic N) is 3. The minimum absolute atomic E-state index is 0.000697. The average Bonchev–Trinajstić information content (AvgIpc) is 2.16. The molecule has 1 aromatic heterocycles. The van der Waals surface area contributed by atoms with Crippen LogP contribution in [0, 0.1) is 0 Å². The smallest absolute Gasteiger partial charge is 0.253 e. The molecule has 0 N–H and O–H groups in total. The maximum Gasteiger partial charge on any atom is 0.253 e. The van der Waals surface area contributed by atoms with E-state index in [1.807, 2.05) is 0 Å². The van der Waals surface area contributed by atoms with E-state index < -0.39 is 0 Å². The normalized spacial score (nSPS) is 9.86. The molecule has 0 atom stereocenters. The monoisotopic (exact) mass is 195 g/mol. The molecule has 0 saturated carbocycles. The molecular formula is C9H13N3O2. The molecule has 14 heavy (non-hydrogen) atoms. The van der Waals surface area contributed by atoms with Gasteiger partial charge in [-0.05, 0) is 0 Å². The second-order valence-electron chi connectivity index (χ2n) is 3.15. The fraction of sp³-hybridized carbons (Fsp3) is 0.444. The van der Waals surface area contributed by atoms with Gasteiger partial charge in [0.15, 0.2) is 0 Å². The summed E-state index contributed by atoms with van der Waals surface area (Å²) in [6, 6.07) is 1.38. The molecule has 0 aliphatic rings. The summed E-state index contributed by atoms with van der Waals surface area (Å²) in [6.45, 7) is 0.379. The molecule has 0 aliphatic carbocycles. The summed E-state index contributed by atoms with van der Waals surface area (Å²) in [6.07, 6.45) is 3.19. The van der Waals surface area contributed by atoms with Crippen molar-refractivity contribution < 1.29 is 4.79 Å². The summed E-state index contributed by atoms with van der Waals surface area (Å²) in [5, 5.41) is 0. The summed E-state index contributed by atoms with van der Waals surface area (Å²) < 4.78 is 1.42. The average molecular weight is 195 g/mol. The van der Waals surface area contributed by atoms with Crippen LogP contribution in [0.25, 0.3) is 0 Å². The zero-order valence-corrected chi connectivity index (χ0v) is 8.30. The third-order valence-electron chi connectivity index (χ3n) is 1.86. The van der Waals surface area contributed by atoms with Crippen LogP contribution in [0.1, 0.15) is 6.42 Å². The maximum atomic E-state index is 11.2. The minimum atomic E-state index is -0.133. The molecule has 0 radical (unpaired) electrons. The molecule has 0 aromatic carbocycles. The van der Waals surface area contributed by atoms with Gasteiger partial charge in [-0.1, -0.05) is 0 Å². The molecule has 1 rings (SSSR count). The Balaban J connectivity index is 2.59. The van der Waals surface area contributed by atoms with Crippen LogP contribution >= 0.6 is 0 Å². The molecule has 0 unspecified atom stereocenters. The number of amides is 1. The summed E-state index contributed by atoms with van der Waals surface area (Å²) in [5.41, 5.74) is -0.133. The first-order chi connectivity index (χ1) is 6.61. The quantitative estimate of drug-likeness (QED) is 0.666. The molecule has 0 saturated heterocycles.